The summed E-state index contributed by atoms with van der Waals surface area (Å²) < 4.78 is 0. The van der Waals surface area contributed by atoms with Gasteiger partial charge in [-0.15, -0.1) is 0 Å². The Bertz CT molecular complexity index is 456. The van der Waals surface area contributed by atoms with Crippen LogP contribution in [0.5, 0.6) is 0 Å². The summed E-state index contributed by atoms with van der Waals surface area (Å²) in [5.74, 6) is 0.655. The highest BCUT2D eigenvalue weighted by Crippen LogP contribution is 2.26. The van der Waals surface area contributed by atoms with E-state index in [1.807, 2.05) is 24.0 Å². The van der Waals surface area contributed by atoms with Crippen LogP contribution in [-0.4, -0.2) is 18.5 Å². The number of benzene rings is 1. The van der Waals surface area contributed by atoms with Crippen molar-refractivity contribution in [2.75, 3.05) is 11.4 Å². The molecule has 0 spiro atoms. The van der Waals surface area contributed by atoms with Gasteiger partial charge in [-0.2, -0.15) is 0 Å². The zero-order valence-corrected chi connectivity index (χ0v) is 12.3. The van der Waals surface area contributed by atoms with E-state index in [4.69, 9.17) is 0 Å². The second-order valence-electron chi connectivity index (χ2n) is 5.89. The van der Waals surface area contributed by atoms with E-state index >= 15 is 0 Å². The summed E-state index contributed by atoms with van der Waals surface area (Å²) in [5.41, 5.74) is 2.27. The van der Waals surface area contributed by atoms with E-state index in [0.717, 1.165) is 18.8 Å². The maximum absolute atomic E-state index is 12.7. The maximum atomic E-state index is 12.7. The molecule has 2 unspecified atom stereocenters. The van der Waals surface area contributed by atoms with Gasteiger partial charge in [-0.3, -0.25) is 4.79 Å². The van der Waals surface area contributed by atoms with Crippen LogP contribution in [-0.2, 0) is 11.3 Å². The fourth-order valence-corrected chi connectivity index (χ4v) is 2.38. The van der Waals surface area contributed by atoms with Crippen molar-refractivity contribution in [3.8, 4) is 0 Å². The first-order valence-electron chi connectivity index (χ1n) is 7.13. The minimum absolute atomic E-state index is 0.0540. The molecule has 1 heterocycles. The summed E-state index contributed by atoms with van der Waals surface area (Å²) in [7, 11) is 0. The van der Waals surface area contributed by atoms with Gasteiger partial charge in [0.2, 0.25) is 5.91 Å². The Morgan fingerprint density at radius 2 is 2.00 bits per heavy atom. The lowest BCUT2D eigenvalue weighted by atomic mass is 9.96. The molecule has 104 valence electrons. The molecule has 1 N–H and O–H groups in total. The van der Waals surface area contributed by atoms with Gasteiger partial charge >= 0.3 is 0 Å². The third-order valence-corrected chi connectivity index (χ3v) is 4.04. The molecule has 19 heavy (non-hydrogen) atoms. The molecule has 0 aliphatic carbocycles. The summed E-state index contributed by atoms with van der Waals surface area (Å²) in [6, 6.07) is 8.51. The first-order chi connectivity index (χ1) is 9.00. The number of para-hydroxylation sites is 1. The molecular formula is C16H24N2O. The fourth-order valence-electron chi connectivity index (χ4n) is 2.38. The lowest BCUT2D eigenvalue weighted by molar-refractivity contribution is -0.123. The van der Waals surface area contributed by atoms with Gasteiger partial charge in [0.15, 0.2) is 0 Å². The van der Waals surface area contributed by atoms with Crippen LogP contribution in [0.15, 0.2) is 24.3 Å². The average molecular weight is 260 g/mol. The second-order valence-corrected chi connectivity index (χ2v) is 5.89. The molecule has 2 atom stereocenters. The van der Waals surface area contributed by atoms with E-state index in [1.54, 1.807) is 0 Å². The average Bonchev–Trinajstić information content (AvgIpc) is 2.57. The highest BCUT2D eigenvalue weighted by Gasteiger charge is 2.28. The van der Waals surface area contributed by atoms with E-state index in [9.17, 15) is 4.79 Å². The minimum atomic E-state index is 0.0540. The van der Waals surface area contributed by atoms with Crippen LogP contribution < -0.4 is 10.2 Å². The van der Waals surface area contributed by atoms with Crippen LogP contribution in [0.3, 0.4) is 0 Å². The van der Waals surface area contributed by atoms with Gasteiger partial charge in [-0.25, -0.2) is 0 Å². The standard InChI is InChI=1S/C16H24N2O/c1-11(2)13(4)16(19)18-10-12(3)17-9-14-7-5-6-8-15(14)18/h5-8,11-13,17H,9-10H2,1-4H3. The Balaban J connectivity index is 2.34. The summed E-state index contributed by atoms with van der Waals surface area (Å²) in [6.07, 6.45) is 0. The third-order valence-electron chi connectivity index (χ3n) is 4.04. The molecular weight excluding hydrogens is 236 g/mol. The Hall–Kier alpha value is -1.35. The topological polar surface area (TPSA) is 32.3 Å². The Labute approximate surface area is 116 Å². The van der Waals surface area contributed by atoms with Gasteiger partial charge < -0.3 is 10.2 Å². The lowest BCUT2D eigenvalue weighted by Crippen LogP contribution is -2.43. The molecule has 1 aromatic rings. The zero-order valence-electron chi connectivity index (χ0n) is 12.3. The molecule has 0 bridgehead atoms. The van der Waals surface area contributed by atoms with E-state index < -0.39 is 0 Å². The van der Waals surface area contributed by atoms with Crippen molar-refractivity contribution in [1.29, 1.82) is 0 Å². The molecule has 0 saturated carbocycles. The Kier molecular flexibility index (Phi) is 4.25. The zero-order chi connectivity index (χ0) is 14.0. The smallest absolute Gasteiger partial charge is 0.230 e. The molecule has 0 fully saturated rings. The van der Waals surface area contributed by atoms with Crippen LogP contribution in [0, 0.1) is 11.8 Å². The highest BCUT2D eigenvalue weighted by molar-refractivity contribution is 5.96. The van der Waals surface area contributed by atoms with Crippen LogP contribution in [0.25, 0.3) is 0 Å². The molecule has 1 amide bonds. The molecule has 3 heteroatoms. The minimum Gasteiger partial charge on any atom is -0.310 e. The van der Waals surface area contributed by atoms with Gasteiger partial charge in [0.05, 0.1) is 0 Å². The maximum Gasteiger partial charge on any atom is 0.230 e. The molecule has 2 rings (SSSR count). The van der Waals surface area contributed by atoms with Crippen molar-refractivity contribution in [2.24, 2.45) is 11.8 Å². The number of amides is 1. The molecule has 0 saturated heterocycles. The molecule has 1 aromatic carbocycles. The first kappa shape index (κ1) is 14.1. The largest absolute Gasteiger partial charge is 0.310 e. The normalized spacial score (nSPS) is 20.9. The number of fused-ring (bicyclic) bond motifs is 1. The second kappa shape index (κ2) is 5.74. The third kappa shape index (κ3) is 2.98. The number of rotatable bonds is 2. The quantitative estimate of drug-likeness (QED) is 0.887. The number of carbonyl (C=O) groups is 1. The van der Waals surface area contributed by atoms with E-state index in [0.29, 0.717) is 12.0 Å². The molecule has 1 aliphatic heterocycles. The highest BCUT2D eigenvalue weighted by atomic mass is 16.2. The Morgan fingerprint density at radius 3 is 2.68 bits per heavy atom. The number of nitrogens with zero attached hydrogens (tertiary/aromatic N) is 1. The van der Waals surface area contributed by atoms with E-state index in [1.165, 1.54) is 5.56 Å². The van der Waals surface area contributed by atoms with Crippen LogP contribution in [0.2, 0.25) is 0 Å². The predicted molar refractivity (Wildman–Crippen MR) is 79.1 cm³/mol. The summed E-state index contributed by atoms with van der Waals surface area (Å²) in [4.78, 5) is 14.7. The van der Waals surface area contributed by atoms with E-state index in [-0.39, 0.29) is 11.8 Å². The van der Waals surface area contributed by atoms with Gasteiger partial charge in [0.25, 0.3) is 0 Å². The summed E-state index contributed by atoms with van der Waals surface area (Å²) >= 11 is 0. The molecule has 0 aromatic heterocycles. The van der Waals surface area contributed by atoms with Crippen molar-refractivity contribution in [3.63, 3.8) is 0 Å². The van der Waals surface area contributed by atoms with Crippen LogP contribution in [0.4, 0.5) is 5.69 Å². The number of hydrogen-bond donors (Lipinski definition) is 1. The summed E-state index contributed by atoms with van der Waals surface area (Å²) in [6.45, 7) is 9.94. The fraction of sp³-hybridized carbons (Fsp3) is 0.562. The molecule has 0 radical (unpaired) electrons. The van der Waals surface area contributed by atoms with Crippen LogP contribution >= 0.6 is 0 Å². The Morgan fingerprint density at radius 1 is 1.32 bits per heavy atom. The van der Waals surface area contributed by atoms with Crippen molar-refractivity contribution < 1.29 is 4.79 Å². The predicted octanol–water partition coefficient (Wildman–Crippen LogP) is 2.80. The van der Waals surface area contributed by atoms with Crippen molar-refractivity contribution in [1.82, 2.24) is 5.32 Å². The van der Waals surface area contributed by atoms with E-state index in [2.05, 4.69) is 38.2 Å². The number of anilines is 1. The number of nitrogens with one attached hydrogen (secondary N) is 1. The molecule has 1 aliphatic rings. The first-order valence-corrected chi connectivity index (χ1v) is 7.13. The van der Waals surface area contributed by atoms with Gasteiger partial charge in [0.1, 0.15) is 0 Å². The van der Waals surface area contributed by atoms with Gasteiger partial charge in [0, 0.05) is 30.7 Å². The SMILES string of the molecule is CC1CN(C(=O)C(C)C(C)C)c2ccccc2CN1. The summed E-state index contributed by atoms with van der Waals surface area (Å²) in [5, 5.41) is 3.46. The van der Waals surface area contributed by atoms with Gasteiger partial charge in [-0.1, -0.05) is 39.0 Å². The number of hydrogen-bond acceptors (Lipinski definition) is 2. The van der Waals surface area contributed by atoms with Crippen molar-refractivity contribution in [2.45, 2.75) is 40.3 Å². The lowest BCUT2D eigenvalue weighted by Gasteiger charge is -2.28. The molecule has 3 nitrogen and oxygen atoms in total. The van der Waals surface area contributed by atoms with Crippen molar-refractivity contribution >= 4 is 11.6 Å². The van der Waals surface area contributed by atoms with Crippen LogP contribution in [0.1, 0.15) is 33.3 Å². The number of carbonyl (C=O) groups excluding carboxylic acids is 1. The monoisotopic (exact) mass is 260 g/mol. The van der Waals surface area contributed by atoms with Crippen molar-refractivity contribution in [3.05, 3.63) is 29.8 Å². The van der Waals surface area contributed by atoms with Gasteiger partial charge in [-0.05, 0) is 24.5 Å².